The molecule has 0 aliphatic rings. The van der Waals surface area contributed by atoms with Crippen molar-refractivity contribution in [2.75, 3.05) is 6.61 Å². The lowest BCUT2D eigenvalue weighted by atomic mass is 10.0. The molecule has 0 amide bonds. The van der Waals surface area contributed by atoms with Crippen molar-refractivity contribution in [3.05, 3.63) is 64.5 Å². The molecule has 0 spiro atoms. The van der Waals surface area contributed by atoms with E-state index in [1.54, 1.807) is 16.7 Å². The molecule has 0 N–H and O–H groups in total. The third-order valence-electron chi connectivity index (χ3n) is 3.59. The van der Waals surface area contributed by atoms with Crippen LogP contribution in [0, 0.1) is 10.1 Å². The number of benzene rings is 1. The molecule has 6 nitrogen and oxygen atoms in total. The average molecular weight is 310 g/mol. The summed E-state index contributed by atoms with van der Waals surface area (Å²) >= 11 is 0. The number of nitro benzene ring substituents is 1. The molecule has 0 unspecified atom stereocenters. The first-order valence-electron chi connectivity index (χ1n) is 7.12. The summed E-state index contributed by atoms with van der Waals surface area (Å²) in [5.41, 5.74) is 2.36. The summed E-state index contributed by atoms with van der Waals surface area (Å²) in [6.07, 6.45) is 2.52. The highest BCUT2D eigenvalue weighted by Gasteiger charge is 2.18. The van der Waals surface area contributed by atoms with E-state index in [1.165, 1.54) is 12.1 Å². The zero-order chi connectivity index (χ0) is 16.4. The molecule has 3 aromatic rings. The first kappa shape index (κ1) is 14.8. The van der Waals surface area contributed by atoms with E-state index in [-0.39, 0.29) is 5.69 Å². The van der Waals surface area contributed by atoms with E-state index in [9.17, 15) is 14.9 Å². The number of carbonyl (C=O) groups is 1. The van der Waals surface area contributed by atoms with Crippen LogP contribution in [0.5, 0.6) is 5.75 Å². The first-order chi connectivity index (χ1) is 11.2. The molecular formula is C17H14N2O4. The number of carbonyl (C=O) groups excluding carboxylic acids is 1. The van der Waals surface area contributed by atoms with Crippen molar-refractivity contribution in [2.45, 2.75) is 6.92 Å². The number of nitro groups is 1. The molecule has 6 heteroatoms. The second-order valence-corrected chi connectivity index (χ2v) is 4.93. The molecule has 0 aliphatic carbocycles. The van der Waals surface area contributed by atoms with Gasteiger partial charge in [-0.05, 0) is 31.2 Å². The van der Waals surface area contributed by atoms with Gasteiger partial charge in [0.25, 0.3) is 5.69 Å². The number of rotatable bonds is 5. The molecule has 0 saturated carbocycles. The molecule has 2 heterocycles. The van der Waals surface area contributed by atoms with Gasteiger partial charge in [-0.1, -0.05) is 6.07 Å². The van der Waals surface area contributed by atoms with Crippen molar-refractivity contribution in [3.63, 3.8) is 0 Å². The van der Waals surface area contributed by atoms with E-state index >= 15 is 0 Å². The number of non-ortho nitro benzene ring substituents is 1. The fraction of sp³-hybridized carbons (Fsp3) is 0.118. The maximum absolute atomic E-state index is 11.6. The van der Waals surface area contributed by atoms with E-state index in [0.717, 1.165) is 11.8 Å². The van der Waals surface area contributed by atoms with Crippen LogP contribution in [0.25, 0.3) is 16.6 Å². The van der Waals surface area contributed by atoms with Gasteiger partial charge in [0.1, 0.15) is 5.75 Å². The molecule has 23 heavy (non-hydrogen) atoms. The monoisotopic (exact) mass is 310 g/mol. The van der Waals surface area contributed by atoms with Crippen molar-refractivity contribution < 1.29 is 14.5 Å². The Kier molecular flexibility index (Phi) is 3.80. The van der Waals surface area contributed by atoms with E-state index in [4.69, 9.17) is 4.74 Å². The number of aldehydes is 1. The van der Waals surface area contributed by atoms with Gasteiger partial charge in [-0.3, -0.25) is 14.9 Å². The van der Waals surface area contributed by atoms with Crippen molar-refractivity contribution in [1.29, 1.82) is 0 Å². The van der Waals surface area contributed by atoms with Crippen molar-refractivity contribution in [3.8, 4) is 16.9 Å². The topological polar surface area (TPSA) is 73.8 Å². The summed E-state index contributed by atoms with van der Waals surface area (Å²) in [5, 5.41) is 11.1. The fourth-order valence-corrected chi connectivity index (χ4v) is 2.60. The lowest BCUT2D eigenvalue weighted by molar-refractivity contribution is -0.384. The first-order valence-corrected chi connectivity index (χ1v) is 7.12. The maximum Gasteiger partial charge on any atom is 0.270 e. The maximum atomic E-state index is 11.6. The smallest absolute Gasteiger partial charge is 0.270 e. The summed E-state index contributed by atoms with van der Waals surface area (Å²) in [5.74, 6) is 0.511. The van der Waals surface area contributed by atoms with Gasteiger partial charge in [-0.25, -0.2) is 0 Å². The van der Waals surface area contributed by atoms with E-state index < -0.39 is 4.92 Å². The lowest BCUT2D eigenvalue weighted by Gasteiger charge is -2.09. The van der Waals surface area contributed by atoms with Gasteiger partial charge in [0.05, 0.1) is 17.2 Å². The number of fused-ring (bicyclic) bond motifs is 1. The molecule has 0 bridgehead atoms. The Morgan fingerprint density at radius 3 is 2.74 bits per heavy atom. The number of nitrogens with zero attached hydrogens (tertiary/aromatic N) is 2. The third-order valence-corrected chi connectivity index (χ3v) is 3.59. The molecule has 0 fully saturated rings. The molecule has 3 rings (SSSR count). The SMILES string of the molecule is CCOc1ccc([N+](=O)[O-])cc1-c1cc2ccccn2c1C=O. The highest BCUT2D eigenvalue weighted by atomic mass is 16.6. The standard InChI is InChI=1S/C17H14N2O4/c1-2-23-17-7-6-13(19(21)22)10-15(17)14-9-12-5-3-4-8-18(12)16(14)11-20/h3-11H,2H2,1H3. The van der Waals surface area contributed by atoms with Gasteiger partial charge in [0.2, 0.25) is 0 Å². The summed E-state index contributed by atoms with van der Waals surface area (Å²) in [6, 6.07) is 11.8. The predicted molar refractivity (Wildman–Crippen MR) is 86.0 cm³/mol. The second-order valence-electron chi connectivity index (χ2n) is 4.93. The largest absolute Gasteiger partial charge is 0.493 e. The summed E-state index contributed by atoms with van der Waals surface area (Å²) < 4.78 is 7.32. The van der Waals surface area contributed by atoms with Gasteiger partial charge >= 0.3 is 0 Å². The predicted octanol–water partition coefficient (Wildman–Crippen LogP) is 3.73. The van der Waals surface area contributed by atoms with Crippen molar-refractivity contribution >= 4 is 17.5 Å². The molecule has 116 valence electrons. The Hall–Kier alpha value is -3.15. The van der Waals surface area contributed by atoms with Gasteiger partial charge in [-0.2, -0.15) is 0 Å². The average Bonchev–Trinajstić information content (AvgIpc) is 2.93. The van der Waals surface area contributed by atoms with E-state index in [0.29, 0.717) is 29.2 Å². The van der Waals surface area contributed by atoms with Crippen molar-refractivity contribution in [2.24, 2.45) is 0 Å². The molecule has 1 aromatic carbocycles. The fourth-order valence-electron chi connectivity index (χ4n) is 2.60. The minimum absolute atomic E-state index is 0.0458. The summed E-state index contributed by atoms with van der Waals surface area (Å²) in [4.78, 5) is 22.2. The number of pyridine rings is 1. The highest BCUT2D eigenvalue weighted by Crippen LogP contribution is 2.36. The van der Waals surface area contributed by atoms with Crippen molar-refractivity contribution in [1.82, 2.24) is 4.40 Å². The Labute approximate surface area is 132 Å². The number of hydrogen-bond donors (Lipinski definition) is 0. The molecule has 0 saturated heterocycles. The highest BCUT2D eigenvalue weighted by molar-refractivity contribution is 5.92. The quantitative estimate of drug-likeness (QED) is 0.409. The Morgan fingerprint density at radius 1 is 1.22 bits per heavy atom. The Bertz CT molecular complexity index is 899. The molecule has 2 aromatic heterocycles. The molecule has 0 radical (unpaired) electrons. The normalized spacial score (nSPS) is 10.7. The van der Waals surface area contributed by atoms with Gasteiger partial charge in [-0.15, -0.1) is 0 Å². The van der Waals surface area contributed by atoms with Crippen LogP contribution < -0.4 is 4.74 Å². The number of aromatic nitrogens is 1. The van der Waals surface area contributed by atoms with Crippen LogP contribution >= 0.6 is 0 Å². The zero-order valence-corrected chi connectivity index (χ0v) is 12.4. The minimum atomic E-state index is -0.463. The number of ether oxygens (including phenoxy) is 1. The van der Waals surface area contributed by atoms with Gasteiger partial charge in [0.15, 0.2) is 6.29 Å². The molecule has 0 atom stereocenters. The van der Waals surface area contributed by atoms with Crippen LogP contribution in [-0.2, 0) is 0 Å². The Balaban J connectivity index is 2.30. The zero-order valence-electron chi connectivity index (χ0n) is 12.4. The van der Waals surface area contributed by atoms with Gasteiger partial charge < -0.3 is 9.14 Å². The summed E-state index contributed by atoms with van der Waals surface area (Å²) in [7, 11) is 0. The minimum Gasteiger partial charge on any atom is -0.493 e. The van der Waals surface area contributed by atoms with Crippen LogP contribution in [0.3, 0.4) is 0 Å². The third kappa shape index (κ3) is 2.55. The van der Waals surface area contributed by atoms with Crippen LogP contribution in [-0.4, -0.2) is 22.2 Å². The van der Waals surface area contributed by atoms with Crippen LogP contribution in [0.1, 0.15) is 17.4 Å². The summed E-state index contributed by atoms with van der Waals surface area (Å²) in [6.45, 7) is 2.26. The van der Waals surface area contributed by atoms with E-state index in [1.807, 2.05) is 31.2 Å². The molecular weight excluding hydrogens is 296 g/mol. The van der Waals surface area contributed by atoms with Gasteiger partial charge in [0, 0.05) is 35.0 Å². The van der Waals surface area contributed by atoms with Crippen LogP contribution in [0.4, 0.5) is 5.69 Å². The Morgan fingerprint density at radius 2 is 2.04 bits per heavy atom. The van der Waals surface area contributed by atoms with Crippen LogP contribution in [0.15, 0.2) is 48.7 Å². The molecule has 0 aliphatic heterocycles. The number of hydrogen-bond acceptors (Lipinski definition) is 4. The van der Waals surface area contributed by atoms with Crippen LogP contribution in [0.2, 0.25) is 0 Å². The lowest BCUT2D eigenvalue weighted by Crippen LogP contribution is -1.98. The van der Waals surface area contributed by atoms with E-state index in [2.05, 4.69) is 0 Å². The second kappa shape index (κ2) is 5.92.